The normalized spacial score (nSPS) is 11.0. The van der Waals surface area contributed by atoms with Gasteiger partial charge in [-0.15, -0.1) is 0 Å². The second kappa shape index (κ2) is 4.28. The molecule has 2 aromatic heterocycles. The molecule has 0 saturated carbocycles. The zero-order valence-corrected chi connectivity index (χ0v) is 10.3. The van der Waals surface area contributed by atoms with E-state index in [1.165, 1.54) is 0 Å². The largest absolute Gasteiger partial charge is 0.462 e. The van der Waals surface area contributed by atoms with Crippen molar-refractivity contribution in [3.05, 3.63) is 52.4 Å². The van der Waals surface area contributed by atoms with Gasteiger partial charge < -0.3 is 14.1 Å². The molecule has 0 saturated heterocycles. The molecule has 0 radical (unpaired) electrons. The summed E-state index contributed by atoms with van der Waals surface area (Å²) in [5.74, 6) is -0.435. The van der Waals surface area contributed by atoms with Crippen LogP contribution < -0.4 is 5.56 Å². The van der Waals surface area contributed by atoms with E-state index in [0.29, 0.717) is 23.2 Å². The lowest BCUT2D eigenvalue weighted by molar-refractivity contribution is 0.0528. The van der Waals surface area contributed by atoms with E-state index in [4.69, 9.17) is 4.74 Å². The molecule has 0 atom stereocenters. The highest BCUT2D eigenvalue weighted by Crippen LogP contribution is 2.17. The molecule has 1 aromatic carbocycles. The molecule has 0 spiro atoms. The Morgan fingerprint density at radius 1 is 1.26 bits per heavy atom. The van der Waals surface area contributed by atoms with Crippen molar-refractivity contribution in [2.24, 2.45) is 0 Å². The summed E-state index contributed by atoms with van der Waals surface area (Å²) in [4.78, 5) is 26.6. The number of carbonyl (C=O) groups excluding carboxylic acids is 1. The van der Waals surface area contributed by atoms with E-state index in [9.17, 15) is 9.59 Å². The number of fused-ring (bicyclic) bond motifs is 3. The van der Waals surface area contributed by atoms with Gasteiger partial charge in [0.25, 0.3) is 5.56 Å². The van der Waals surface area contributed by atoms with Crippen molar-refractivity contribution in [2.75, 3.05) is 6.61 Å². The number of nitrogens with zero attached hydrogens (tertiary/aromatic N) is 1. The number of carbonyl (C=O) groups is 1. The fourth-order valence-corrected chi connectivity index (χ4v) is 2.20. The van der Waals surface area contributed by atoms with Gasteiger partial charge in [0.1, 0.15) is 5.52 Å². The Morgan fingerprint density at radius 3 is 2.84 bits per heavy atom. The van der Waals surface area contributed by atoms with Gasteiger partial charge in [-0.2, -0.15) is 0 Å². The first-order chi connectivity index (χ1) is 9.22. The molecule has 0 aliphatic heterocycles. The van der Waals surface area contributed by atoms with Crippen LogP contribution in [0.1, 0.15) is 17.3 Å². The van der Waals surface area contributed by atoms with E-state index in [1.807, 2.05) is 6.07 Å². The van der Waals surface area contributed by atoms with Gasteiger partial charge in [-0.25, -0.2) is 4.79 Å². The molecule has 0 aliphatic carbocycles. The van der Waals surface area contributed by atoms with Crippen LogP contribution in [0.4, 0.5) is 0 Å². The van der Waals surface area contributed by atoms with Gasteiger partial charge >= 0.3 is 5.97 Å². The summed E-state index contributed by atoms with van der Waals surface area (Å²) in [5.41, 5.74) is 1.95. The van der Waals surface area contributed by atoms with Gasteiger partial charge in [0.15, 0.2) is 0 Å². The lowest BCUT2D eigenvalue weighted by Crippen LogP contribution is -2.13. The Hall–Kier alpha value is -2.56. The molecule has 5 heteroatoms. The molecule has 2 heterocycles. The van der Waals surface area contributed by atoms with Crippen LogP contribution in [-0.2, 0) is 4.74 Å². The minimum atomic E-state index is -0.435. The number of benzene rings is 1. The van der Waals surface area contributed by atoms with Crippen molar-refractivity contribution in [3.8, 4) is 0 Å². The molecule has 19 heavy (non-hydrogen) atoms. The number of H-pyrrole nitrogens is 1. The molecule has 0 amide bonds. The van der Waals surface area contributed by atoms with E-state index in [1.54, 1.807) is 41.8 Å². The summed E-state index contributed by atoms with van der Waals surface area (Å²) in [5, 5.41) is 0. The van der Waals surface area contributed by atoms with E-state index >= 15 is 0 Å². The minimum Gasteiger partial charge on any atom is -0.462 e. The Kier molecular flexibility index (Phi) is 2.59. The maximum Gasteiger partial charge on any atom is 0.340 e. The molecular weight excluding hydrogens is 244 g/mol. The number of hydrogen-bond donors (Lipinski definition) is 1. The monoisotopic (exact) mass is 256 g/mol. The summed E-state index contributed by atoms with van der Waals surface area (Å²) < 4.78 is 6.76. The van der Waals surface area contributed by atoms with Crippen molar-refractivity contribution in [1.29, 1.82) is 0 Å². The Morgan fingerprint density at radius 2 is 2.05 bits per heavy atom. The van der Waals surface area contributed by atoms with Crippen LogP contribution in [0.5, 0.6) is 0 Å². The average molecular weight is 256 g/mol. The molecule has 3 rings (SSSR count). The van der Waals surface area contributed by atoms with Gasteiger partial charge in [-0.3, -0.25) is 4.79 Å². The average Bonchev–Trinajstić information content (AvgIpc) is 2.88. The molecule has 0 fully saturated rings. The summed E-state index contributed by atoms with van der Waals surface area (Å²) >= 11 is 0. The van der Waals surface area contributed by atoms with Crippen LogP contribution in [0.3, 0.4) is 0 Å². The number of rotatable bonds is 2. The molecule has 0 unspecified atom stereocenters. The van der Waals surface area contributed by atoms with E-state index in [-0.39, 0.29) is 5.56 Å². The van der Waals surface area contributed by atoms with Crippen molar-refractivity contribution < 1.29 is 9.53 Å². The maximum atomic E-state index is 12.0. The van der Waals surface area contributed by atoms with Gasteiger partial charge in [0.05, 0.1) is 23.2 Å². The third-order valence-corrected chi connectivity index (χ3v) is 3.02. The summed E-state index contributed by atoms with van der Waals surface area (Å²) in [7, 11) is 0. The molecule has 0 aliphatic rings. The van der Waals surface area contributed by atoms with Crippen LogP contribution in [-0.4, -0.2) is 22.0 Å². The fraction of sp³-hybridized carbons (Fsp3) is 0.143. The first kappa shape index (κ1) is 11.5. The molecule has 0 bridgehead atoms. The Bertz CT molecular complexity index is 829. The number of nitrogens with one attached hydrogen (secondary N) is 1. The first-order valence-corrected chi connectivity index (χ1v) is 6.01. The maximum absolute atomic E-state index is 12.0. The van der Waals surface area contributed by atoms with Crippen molar-refractivity contribution in [1.82, 2.24) is 9.38 Å². The predicted molar refractivity (Wildman–Crippen MR) is 71.5 cm³/mol. The summed E-state index contributed by atoms with van der Waals surface area (Å²) in [6, 6.07) is 8.79. The number of aromatic amines is 1. The smallest absolute Gasteiger partial charge is 0.340 e. The van der Waals surface area contributed by atoms with E-state index in [0.717, 1.165) is 5.52 Å². The second-order valence-electron chi connectivity index (χ2n) is 4.14. The number of esters is 1. The molecule has 3 aromatic rings. The van der Waals surface area contributed by atoms with E-state index < -0.39 is 5.97 Å². The summed E-state index contributed by atoms with van der Waals surface area (Å²) in [6.45, 7) is 2.04. The third kappa shape index (κ3) is 1.71. The number of para-hydroxylation sites is 1. The molecule has 96 valence electrons. The highest BCUT2D eigenvalue weighted by atomic mass is 16.5. The van der Waals surface area contributed by atoms with Crippen LogP contribution in [0.25, 0.3) is 16.6 Å². The summed E-state index contributed by atoms with van der Waals surface area (Å²) in [6.07, 6.45) is 1.79. The predicted octanol–water partition coefficient (Wildman–Crippen LogP) is 1.96. The van der Waals surface area contributed by atoms with Crippen molar-refractivity contribution in [3.63, 3.8) is 0 Å². The van der Waals surface area contributed by atoms with Crippen LogP contribution >= 0.6 is 0 Å². The zero-order valence-electron chi connectivity index (χ0n) is 10.3. The second-order valence-corrected chi connectivity index (χ2v) is 4.14. The minimum absolute atomic E-state index is 0.228. The van der Waals surface area contributed by atoms with Gasteiger partial charge in [0.2, 0.25) is 0 Å². The highest BCUT2D eigenvalue weighted by molar-refractivity contribution is 6.02. The lowest BCUT2D eigenvalue weighted by Gasteiger charge is -2.07. The third-order valence-electron chi connectivity index (χ3n) is 3.02. The van der Waals surface area contributed by atoms with Crippen LogP contribution in [0, 0.1) is 0 Å². The topological polar surface area (TPSA) is 63.6 Å². The molecular formula is C14H12N2O3. The zero-order chi connectivity index (χ0) is 13.4. The quantitative estimate of drug-likeness (QED) is 0.713. The Labute approximate surface area is 108 Å². The standard InChI is InChI=1S/C14H12N2O3/c1-2-19-14(18)9-5-3-6-10-12(9)15-13(17)11-7-4-8-16(10)11/h3-8H,2H2,1H3,(H,15,17). The van der Waals surface area contributed by atoms with Crippen molar-refractivity contribution in [2.45, 2.75) is 6.92 Å². The number of aromatic nitrogens is 2. The van der Waals surface area contributed by atoms with Crippen LogP contribution in [0.15, 0.2) is 41.3 Å². The van der Waals surface area contributed by atoms with Gasteiger partial charge in [-0.05, 0) is 31.2 Å². The molecule has 5 nitrogen and oxygen atoms in total. The molecule has 1 N–H and O–H groups in total. The van der Waals surface area contributed by atoms with Gasteiger partial charge in [-0.1, -0.05) is 6.07 Å². The van der Waals surface area contributed by atoms with Gasteiger partial charge in [0, 0.05) is 6.20 Å². The number of hydrogen-bond acceptors (Lipinski definition) is 3. The SMILES string of the molecule is CCOC(=O)c1cccc2c1[nH]c(=O)c1cccn12. The number of ether oxygens (including phenoxy) is 1. The highest BCUT2D eigenvalue weighted by Gasteiger charge is 2.14. The lowest BCUT2D eigenvalue weighted by atomic mass is 10.1. The van der Waals surface area contributed by atoms with Crippen molar-refractivity contribution >= 4 is 22.5 Å². The fourth-order valence-electron chi connectivity index (χ4n) is 2.20. The Balaban J connectivity index is 2.40. The first-order valence-electron chi connectivity index (χ1n) is 6.01. The van der Waals surface area contributed by atoms with E-state index in [2.05, 4.69) is 4.98 Å². The van der Waals surface area contributed by atoms with Crippen LogP contribution in [0.2, 0.25) is 0 Å².